The number of aryl methyl sites for hydroxylation is 1. The van der Waals surface area contributed by atoms with Crippen molar-refractivity contribution in [1.82, 2.24) is 9.88 Å². The second kappa shape index (κ2) is 5.87. The van der Waals surface area contributed by atoms with Gasteiger partial charge in [0.2, 0.25) is 0 Å². The highest BCUT2D eigenvalue weighted by molar-refractivity contribution is 5.84. The molecule has 0 fully saturated rings. The van der Waals surface area contributed by atoms with Crippen LogP contribution in [-0.4, -0.2) is 29.5 Å². The van der Waals surface area contributed by atoms with Gasteiger partial charge in [-0.25, -0.2) is 0 Å². The van der Waals surface area contributed by atoms with E-state index in [-0.39, 0.29) is 0 Å². The number of nitrogens with one attached hydrogen (secondary N) is 1. The van der Waals surface area contributed by atoms with Crippen molar-refractivity contribution in [3.8, 4) is 0 Å². The molecule has 2 aromatic rings. The topological polar surface area (TPSA) is 19.0 Å². The second-order valence-corrected chi connectivity index (χ2v) is 4.71. The predicted molar refractivity (Wildman–Crippen MR) is 79.1 cm³/mol. The summed E-state index contributed by atoms with van der Waals surface area (Å²) in [5, 5.41) is 1.37. The van der Waals surface area contributed by atoms with Crippen molar-refractivity contribution in [2.24, 2.45) is 0 Å². The number of H-pyrrole nitrogens is 1. The quantitative estimate of drug-likeness (QED) is 0.768. The molecule has 0 bridgehead atoms. The maximum Gasteiger partial charge on any atom is 0.0458 e. The van der Waals surface area contributed by atoms with Crippen molar-refractivity contribution < 1.29 is 0 Å². The van der Waals surface area contributed by atoms with E-state index >= 15 is 0 Å². The Kier molecular flexibility index (Phi) is 4.21. The van der Waals surface area contributed by atoms with Gasteiger partial charge in [0.15, 0.2) is 0 Å². The fourth-order valence-electron chi connectivity index (χ4n) is 2.49. The predicted octanol–water partition coefficient (Wildman–Crippen LogP) is 3.53. The molecule has 0 amide bonds. The first-order valence-electron chi connectivity index (χ1n) is 6.65. The zero-order valence-electron chi connectivity index (χ0n) is 11.4. The van der Waals surface area contributed by atoms with Crippen molar-refractivity contribution in [1.29, 1.82) is 0 Å². The van der Waals surface area contributed by atoms with Crippen molar-refractivity contribution in [3.63, 3.8) is 0 Å². The third-order valence-corrected chi connectivity index (χ3v) is 3.54. The zero-order chi connectivity index (χ0) is 13.0. The summed E-state index contributed by atoms with van der Waals surface area (Å²) in [6, 6.07) is 8.55. The minimum Gasteiger partial charge on any atom is -0.358 e. The van der Waals surface area contributed by atoms with Crippen LogP contribution in [0.1, 0.15) is 18.2 Å². The van der Waals surface area contributed by atoms with Gasteiger partial charge in [-0.3, -0.25) is 4.90 Å². The molecule has 2 heteroatoms. The number of hydrogen-bond donors (Lipinski definition) is 1. The first kappa shape index (κ1) is 12.9. The van der Waals surface area contributed by atoms with E-state index in [1.165, 1.54) is 22.2 Å². The molecule has 0 atom stereocenters. The van der Waals surface area contributed by atoms with Crippen LogP contribution in [-0.2, 0) is 6.42 Å². The molecule has 1 N–H and O–H groups in total. The molecule has 1 aromatic heterocycles. The third kappa shape index (κ3) is 2.65. The standard InChI is InChI=1S/C16H22N2/c1-4-11-18(5-2)12-10-14-13(3)17-16-9-7-6-8-15(14)16/h4,6-9,17H,1,5,10-12H2,2-3H3. The summed E-state index contributed by atoms with van der Waals surface area (Å²) in [6.07, 6.45) is 3.07. The van der Waals surface area contributed by atoms with Crippen LogP contribution >= 0.6 is 0 Å². The van der Waals surface area contributed by atoms with E-state index in [1.54, 1.807) is 0 Å². The number of para-hydroxylation sites is 1. The van der Waals surface area contributed by atoms with Gasteiger partial charge in [-0.2, -0.15) is 0 Å². The van der Waals surface area contributed by atoms with Gasteiger partial charge in [-0.15, -0.1) is 6.58 Å². The molecule has 0 aliphatic rings. The minimum atomic E-state index is 0.970. The molecule has 1 aromatic carbocycles. The Labute approximate surface area is 109 Å². The van der Waals surface area contributed by atoms with Gasteiger partial charge in [-0.05, 0) is 31.5 Å². The third-order valence-electron chi connectivity index (χ3n) is 3.54. The Morgan fingerprint density at radius 3 is 2.83 bits per heavy atom. The molecular weight excluding hydrogens is 220 g/mol. The summed E-state index contributed by atoms with van der Waals surface area (Å²) >= 11 is 0. The number of nitrogens with zero attached hydrogens (tertiary/aromatic N) is 1. The lowest BCUT2D eigenvalue weighted by Crippen LogP contribution is -2.25. The molecule has 0 saturated heterocycles. The highest BCUT2D eigenvalue weighted by Gasteiger charge is 2.09. The molecule has 0 radical (unpaired) electrons. The molecule has 1 heterocycles. The van der Waals surface area contributed by atoms with Gasteiger partial charge in [0.1, 0.15) is 0 Å². The lowest BCUT2D eigenvalue weighted by molar-refractivity contribution is 0.323. The van der Waals surface area contributed by atoms with Gasteiger partial charge >= 0.3 is 0 Å². The SMILES string of the molecule is C=CCN(CC)CCc1c(C)[nH]c2ccccc12. The van der Waals surface area contributed by atoms with Crippen LogP contribution in [0.25, 0.3) is 10.9 Å². The number of aromatic amines is 1. The second-order valence-electron chi connectivity index (χ2n) is 4.71. The van der Waals surface area contributed by atoms with E-state index in [1.807, 2.05) is 6.08 Å². The van der Waals surface area contributed by atoms with E-state index in [4.69, 9.17) is 0 Å². The van der Waals surface area contributed by atoms with Crippen LogP contribution < -0.4 is 0 Å². The normalized spacial score (nSPS) is 11.3. The molecule has 96 valence electrons. The lowest BCUT2D eigenvalue weighted by Gasteiger charge is -2.18. The number of benzene rings is 1. The van der Waals surface area contributed by atoms with E-state index in [2.05, 4.69) is 54.6 Å². The van der Waals surface area contributed by atoms with E-state index < -0.39 is 0 Å². The molecule has 2 rings (SSSR count). The highest BCUT2D eigenvalue weighted by atomic mass is 15.1. The zero-order valence-corrected chi connectivity index (χ0v) is 11.4. The van der Waals surface area contributed by atoms with Gasteiger partial charge < -0.3 is 4.98 Å². The van der Waals surface area contributed by atoms with Crippen LogP contribution in [0.15, 0.2) is 36.9 Å². The smallest absolute Gasteiger partial charge is 0.0458 e. The molecule has 18 heavy (non-hydrogen) atoms. The number of likely N-dealkylation sites (N-methyl/N-ethyl adjacent to an activating group) is 1. The first-order valence-corrected chi connectivity index (χ1v) is 6.65. The number of aromatic nitrogens is 1. The average molecular weight is 242 g/mol. The van der Waals surface area contributed by atoms with Crippen molar-refractivity contribution in [3.05, 3.63) is 48.2 Å². The molecule has 0 aliphatic heterocycles. The maximum atomic E-state index is 3.81. The van der Waals surface area contributed by atoms with Crippen molar-refractivity contribution in [2.45, 2.75) is 20.3 Å². The van der Waals surface area contributed by atoms with Crippen molar-refractivity contribution >= 4 is 10.9 Å². The summed E-state index contributed by atoms with van der Waals surface area (Å²) in [5.41, 5.74) is 4.00. The van der Waals surface area contributed by atoms with E-state index in [0.29, 0.717) is 0 Å². The molecule has 0 unspecified atom stereocenters. The average Bonchev–Trinajstić information content (AvgIpc) is 2.70. The molecule has 0 saturated carbocycles. The Balaban J connectivity index is 2.16. The monoisotopic (exact) mass is 242 g/mol. The van der Waals surface area contributed by atoms with Crippen LogP contribution in [0.2, 0.25) is 0 Å². The number of rotatable bonds is 6. The molecule has 0 spiro atoms. The number of fused-ring (bicyclic) bond motifs is 1. The fourth-order valence-corrected chi connectivity index (χ4v) is 2.49. The van der Waals surface area contributed by atoms with Gasteiger partial charge in [0.25, 0.3) is 0 Å². The van der Waals surface area contributed by atoms with Gasteiger partial charge in [-0.1, -0.05) is 31.2 Å². The number of hydrogen-bond acceptors (Lipinski definition) is 1. The summed E-state index contributed by atoms with van der Waals surface area (Å²) < 4.78 is 0. The maximum absolute atomic E-state index is 3.81. The Bertz CT molecular complexity index is 525. The van der Waals surface area contributed by atoms with Crippen LogP contribution in [0.5, 0.6) is 0 Å². The minimum absolute atomic E-state index is 0.970. The summed E-state index contributed by atoms with van der Waals surface area (Å²) in [7, 11) is 0. The van der Waals surface area contributed by atoms with E-state index in [9.17, 15) is 0 Å². The lowest BCUT2D eigenvalue weighted by atomic mass is 10.1. The van der Waals surface area contributed by atoms with Gasteiger partial charge in [0.05, 0.1) is 0 Å². The summed E-state index contributed by atoms with van der Waals surface area (Å²) in [5.74, 6) is 0. The van der Waals surface area contributed by atoms with Crippen LogP contribution in [0.4, 0.5) is 0 Å². The van der Waals surface area contributed by atoms with Crippen LogP contribution in [0, 0.1) is 6.92 Å². The molecule has 0 aliphatic carbocycles. The Hall–Kier alpha value is -1.54. The van der Waals surface area contributed by atoms with E-state index in [0.717, 1.165) is 26.1 Å². The van der Waals surface area contributed by atoms with Crippen LogP contribution in [0.3, 0.4) is 0 Å². The largest absolute Gasteiger partial charge is 0.358 e. The molecule has 2 nitrogen and oxygen atoms in total. The first-order chi connectivity index (χ1) is 8.76. The summed E-state index contributed by atoms with van der Waals surface area (Å²) in [4.78, 5) is 5.87. The highest BCUT2D eigenvalue weighted by Crippen LogP contribution is 2.22. The van der Waals surface area contributed by atoms with Gasteiger partial charge in [0, 0.05) is 29.7 Å². The summed E-state index contributed by atoms with van der Waals surface area (Å²) in [6.45, 7) is 11.3. The Morgan fingerprint density at radius 2 is 2.11 bits per heavy atom. The Morgan fingerprint density at radius 1 is 1.33 bits per heavy atom. The fraction of sp³-hybridized carbons (Fsp3) is 0.375. The molecular formula is C16H22N2. The van der Waals surface area contributed by atoms with Crippen molar-refractivity contribution in [2.75, 3.05) is 19.6 Å².